The lowest BCUT2D eigenvalue weighted by molar-refractivity contribution is -0.646. The highest BCUT2D eigenvalue weighted by molar-refractivity contribution is 7.10. The summed E-state index contributed by atoms with van der Waals surface area (Å²) in [5.74, 6) is -0.150. The summed E-state index contributed by atoms with van der Waals surface area (Å²) < 4.78 is 18.3. The van der Waals surface area contributed by atoms with E-state index in [0.717, 1.165) is 18.5 Å². The van der Waals surface area contributed by atoms with E-state index < -0.39 is 0 Å². The molecule has 0 aliphatic carbocycles. The van der Waals surface area contributed by atoms with Crippen molar-refractivity contribution < 1.29 is 19.2 Å². The molecule has 0 saturated carbocycles. The molecule has 0 saturated heterocycles. The Hall–Kier alpha value is -1.76. The summed E-state index contributed by atoms with van der Waals surface area (Å²) in [5.41, 5.74) is 2.13. The molecule has 6 heteroatoms. The minimum absolute atomic E-state index is 0.109. The van der Waals surface area contributed by atoms with Gasteiger partial charge in [0.25, 0.3) is 5.91 Å². The first-order valence-electron chi connectivity index (χ1n) is 8.12. The van der Waals surface area contributed by atoms with Gasteiger partial charge < -0.3 is 15.0 Å². The third-order valence-corrected chi connectivity index (χ3v) is 5.31. The van der Waals surface area contributed by atoms with Crippen LogP contribution in [0.3, 0.4) is 0 Å². The number of amides is 1. The van der Waals surface area contributed by atoms with Crippen LogP contribution in [0.5, 0.6) is 0 Å². The number of fused-ring (bicyclic) bond motifs is 1. The summed E-state index contributed by atoms with van der Waals surface area (Å²) in [7, 11) is 1.66. The summed E-state index contributed by atoms with van der Waals surface area (Å²) in [6.45, 7) is 2.50. The van der Waals surface area contributed by atoms with Gasteiger partial charge in [-0.15, -0.1) is 11.3 Å². The summed E-state index contributed by atoms with van der Waals surface area (Å²) in [5, 5.41) is 4.04. The number of halogens is 1. The van der Waals surface area contributed by atoms with Crippen LogP contribution in [-0.4, -0.2) is 44.2 Å². The third kappa shape index (κ3) is 3.66. The average Bonchev–Trinajstić information content (AvgIpc) is 3.07. The quantitative estimate of drug-likeness (QED) is 0.805. The molecule has 1 amide bonds. The molecule has 2 N–H and O–H groups in total. The Morgan fingerprint density at radius 3 is 2.92 bits per heavy atom. The van der Waals surface area contributed by atoms with E-state index in [-0.39, 0.29) is 17.8 Å². The monoisotopic (exact) mass is 349 g/mol. The highest BCUT2D eigenvalue weighted by atomic mass is 32.1. The lowest BCUT2D eigenvalue weighted by Gasteiger charge is -2.36. The van der Waals surface area contributed by atoms with Crippen LogP contribution in [0.15, 0.2) is 35.7 Å². The second-order valence-corrected chi connectivity index (χ2v) is 6.87. The number of thiophene rings is 1. The molecule has 0 spiro atoms. The molecule has 0 fully saturated rings. The molecule has 128 valence electrons. The maximum absolute atomic E-state index is 13.3. The zero-order valence-electron chi connectivity index (χ0n) is 13.7. The maximum atomic E-state index is 13.3. The molecule has 1 aliphatic heterocycles. The van der Waals surface area contributed by atoms with Crippen molar-refractivity contribution in [3.63, 3.8) is 0 Å². The number of benzene rings is 1. The van der Waals surface area contributed by atoms with Crippen LogP contribution >= 0.6 is 11.3 Å². The molecular weight excluding hydrogens is 327 g/mol. The topological polar surface area (TPSA) is 46.1 Å². The normalized spacial score (nSPS) is 16.9. The van der Waals surface area contributed by atoms with Crippen molar-refractivity contribution in [2.24, 2.45) is 0 Å². The van der Waals surface area contributed by atoms with Crippen molar-refractivity contribution >= 4 is 17.2 Å². The standard InChI is InChI=1S/C18H21FN2O2S/c1-23-10-8-20-12-17(22)21-9-6-16-15(7-11-24-16)18(21)13-2-4-14(19)5-3-13/h2-5,7,11,18,20H,6,8-10,12H2,1H3/p+1/t18-/m0/s1. The van der Waals surface area contributed by atoms with Gasteiger partial charge in [-0.25, -0.2) is 4.39 Å². The molecule has 24 heavy (non-hydrogen) atoms. The Labute approximate surface area is 145 Å². The number of hydrogen-bond donors (Lipinski definition) is 1. The number of carbonyl (C=O) groups is 1. The highest BCUT2D eigenvalue weighted by Crippen LogP contribution is 2.37. The number of rotatable bonds is 6. The average molecular weight is 349 g/mol. The third-order valence-electron chi connectivity index (χ3n) is 4.32. The van der Waals surface area contributed by atoms with E-state index in [1.165, 1.54) is 22.6 Å². The summed E-state index contributed by atoms with van der Waals surface area (Å²) in [6, 6.07) is 8.45. The van der Waals surface area contributed by atoms with Crippen molar-refractivity contribution in [2.75, 3.05) is 33.4 Å². The second kappa shape index (κ2) is 7.88. The van der Waals surface area contributed by atoms with Crippen molar-refractivity contribution in [1.29, 1.82) is 0 Å². The van der Waals surface area contributed by atoms with Gasteiger partial charge in [-0.2, -0.15) is 0 Å². The Morgan fingerprint density at radius 2 is 2.17 bits per heavy atom. The van der Waals surface area contributed by atoms with Gasteiger partial charge in [-0.3, -0.25) is 4.79 Å². The molecule has 1 aliphatic rings. The van der Waals surface area contributed by atoms with Crippen molar-refractivity contribution in [2.45, 2.75) is 12.5 Å². The SMILES string of the molecule is COCC[NH2+]CC(=O)N1CCc2sccc2[C@@H]1c1ccc(F)cc1. The lowest BCUT2D eigenvalue weighted by Crippen LogP contribution is -2.87. The number of nitrogens with two attached hydrogens (primary N) is 1. The zero-order valence-corrected chi connectivity index (χ0v) is 14.5. The van der Waals surface area contributed by atoms with Gasteiger partial charge in [0.15, 0.2) is 6.54 Å². The number of carbonyl (C=O) groups excluding carboxylic acids is 1. The van der Waals surface area contributed by atoms with Crippen LogP contribution in [0.25, 0.3) is 0 Å². The Kier molecular flexibility index (Phi) is 5.60. The van der Waals surface area contributed by atoms with Gasteiger partial charge in [-0.1, -0.05) is 12.1 Å². The van der Waals surface area contributed by atoms with E-state index in [0.29, 0.717) is 19.7 Å². The summed E-state index contributed by atoms with van der Waals surface area (Å²) in [4.78, 5) is 16.0. The molecule has 4 nitrogen and oxygen atoms in total. The smallest absolute Gasteiger partial charge is 0.278 e. The fourth-order valence-electron chi connectivity index (χ4n) is 3.13. The van der Waals surface area contributed by atoms with E-state index in [2.05, 4.69) is 11.4 Å². The van der Waals surface area contributed by atoms with Crippen LogP contribution in [0.2, 0.25) is 0 Å². The number of nitrogens with zero attached hydrogens (tertiary/aromatic N) is 1. The van der Waals surface area contributed by atoms with E-state index in [9.17, 15) is 9.18 Å². The largest absolute Gasteiger partial charge is 0.379 e. The van der Waals surface area contributed by atoms with Crippen LogP contribution < -0.4 is 5.32 Å². The number of methoxy groups -OCH3 is 1. The second-order valence-electron chi connectivity index (χ2n) is 5.86. The molecule has 2 aromatic rings. The molecule has 1 aromatic carbocycles. The van der Waals surface area contributed by atoms with E-state index >= 15 is 0 Å². The predicted octanol–water partition coefficient (Wildman–Crippen LogP) is 1.57. The first-order chi connectivity index (χ1) is 11.7. The minimum atomic E-state index is -0.258. The molecule has 2 heterocycles. The predicted molar refractivity (Wildman–Crippen MR) is 91.5 cm³/mol. The first kappa shape index (κ1) is 17.1. The Morgan fingerprint density at radius 1 is 1.38 bits per heavy atom. The van der Waals surface area contributed by atoms with Crippen molar-refractivity contribution in [3.05, 3.63) is 57.5 Å². The minimum Gasteiger partial charge on any atom is -0.379 e. The summed E-state index contributed by atoms with van der Waals surface area (Å²) in [6.07, 6.45) is 0.883. The van der Waals surface area contributed by atoms with Gasteiger partial charge in [0, 0.05) is 18.5 Å². The molecule has 0 radical (unpaired) electrons. The van der Waals surface area contributed by atoms with Crippen LogP contribution in [0, 0.1) is 5.82 Å². The lowest BCUT2D eigenvalue weighted by atomic mass is 9.93. The van der Waals surface area contributed by atoms with Crippen molar-refractivity contribution in [3.8, 4) is 0 Å². The fourth-order valence-corrected chi connectivity index (χ4v) is 4.04. The van der Waals surface area contributed by atoms with Crippen LogP contribution in [0.4, 0.5) is 4.39 Å². The van der Waals surface area contributed by atoms with Crippen LogP contribution in [0.1, 0.15) is 22.0 Å². The molecule has 3 rings (SSSR count). The first-order valence-corrected chi connectivity index (χ1v) is 9.00. The highest BCUT2D eigenvalue weighted by Gasteiger charge is 2.33. The van der Waals surface area contributed by atoms with E-state index in [1.807, 2.05) is 10.2 Å². The molecule has 0 unspecified atom stereocenters. The fraction of sp³-hybridized carbons (Fsp3) is 0.389. The number of hydrogen-bond acceptors (Lipinski definition) is 3. The Balaban J connectivity index is 1.82. The van der Waals surface area contributed by atoms with Gasteiger partial charge in [-0.05, 0) is 41.1 Å². The van der Waals surface area contributed by atoms with Gasteiger partial charge >= 0.3 is 0 Å². The van der Waals surface area contributed by atoms with Crippen molar-refractivity contribution in [1.82, 2.24) is 4.90 Å². The van der Waals surface area contributed by atoms with Gasteiger partial charge in [0.2, 0.25) is 0 Å². The number of quaternary nitrogens is 1. The van der Waals surface area contributed by atoms with Gasteiger partial charge in [0.05, 0.1) is 19.2 Å². The number of ether oxygens (including phenoxy) is 1. The zero-order chi connectivity index (χ0) is 16.9. The summed E-state index contributed by atoms with van der Waals surface area (Å²) >= 11 is 1.73. The van der Waals surface area contributed by atoms with E-state index in [4.69, 9.17) is 4.74 Å². The molecule has 0 bridgehead atoms. The molecular formula is C18H22FN2O2S+. The molecule has 1 atom stereocenters. The van der Waals surface area contributed by atoms with E-state index in [1.54, 1.807) is 30.6 Å². The van der Waals surface area contributed by atoms with Gasteiger partial charge in [0.1, 0.15) is 5.82 Å². The Bertz CT molecular complexity index is 687. The maximum Gasteiger partial charge on any atom is 0.278 e. The van der Waals surface area contributed by atoms with Crippen LogP contribution in [-0.2, 0) is 16.0 Å². The molecule has 1 aromatic heterocycles.